The van der Waals surface area contributed by atoms with E-state index in [0.717, 1.165) is 35.1 Å². The fourth-order valence-electron chi connectivity index (χ4n) is 5.14. The number of nitrogens with zero attached hydrogens (tertiary/aromatic N) is 2. The molecule has 10 nitrogen and oxygen atoms in total. The number of ether oxygens (including phenoxy) is 4. The molecule has 5 rings (SSSR count). The molecular formula is C28H32ClN3O7S. The topological polar surface area (TPSA) is 115 Å². The first-order valence-electron chi connectivity index (χ1n) is 13.0. The summed E-state index contributed by atoms with van der Waals surface area (Å²) in [6.07, 6.45) is 1.72. The van der Waals surface area contributed by atoms with Gasteiger partial charge in [0.1, 0.15) is 19.3 Å². The molecule has 3 N–H and O–H groups in total. The summed E-state index contributed by atoms with van der Waals surface area (Å²) in [6, 6.07) is 11.3. The third-order valence-electron chi connectivity index (χ3n) is 7.01. The molecule has 0 saturated carbocycles. The predicted molar refractivity (Wildman–Crippen MR) is 151 cm³/mol. The summed E-state index contributed by atoms with van der Waals surface area (Å²) in [7, 11) is 0. The molecule has 40 heavy (non-hydrogen) atoms. The van der Waals surface area contributed by atoms with Crippen LogP contribution in [0.2, 0.25) is 5.02 Å². The summed E-state index contributed by atoms with van der Waals surface area (Å²) < 4.78 is 25.1. The van der Waals surface area contributed by atoms with Gasteiger partial charge in [-0.2, -0.15) is 0 Å². The summed E-state index contributed by atoms with van der Waals surface area (Å²) >= 11 is 11.9. The Morgan fingerprint density at radius 3 is 2.45 bits per heavy atom. The van der Waals surface area contributed by atoms with Crippen LogP contribution in [0.5, 0.6) is 5.75 Å². The predicted octanol–water partition coefficient (Wildman–Crippen LogP) is 2.85. The second-order valence-corrected chi connectivity index (χ2v) is 10.8. The monoisotopic (exact) mass is 589 g/mol. The van der Waals surface area contributed by atoms with Crippen LogP contribution >= 0.6 is 23.8 Å². The van der Waals surface area contributed by atoms with Crippen LogP contribution in [0.4, 0.5) is 0 Å². The van der Waals surface area contributed by atoms with Crippen molar-refractivity contribution in [2.75, 3.05) is 53.1 Å². The van der Waals surface area contributed by atoms with Crippen molar-refractivity contribution in [1.82, 2.24) is 14.8 Å². The minimum Gasteiger partial charge on any atom is -0.478 e. The summed E-state index contributed by atoms with van der Waals surface area (Å²) in [6.45, 7) is 3.15. The molecule has 214 valence electrons. The molecule has 2 aromatic carbocycles. The number of benzene rings is 2. The highest BCUT2D eigenvalue weighted by atomic mass is 35.5. The third-order valence-corrected chi connectivity index (χ3v) is 7.71. The zero-order valence-corrected chi connectivity index (χ0v) is 23.5. The van der Waals surface area contributed by atoms with Crippen molar-refractivity contribution in [3.05, 3.63) is 68.8 Å². The zero-order valence-electron chi connectivity index (χ0n) is 21.9. The lowest BCUT2D eigenvalue weighted by atomic mass is 9.99. The van der Waals surface area contributed by atoms with Gasteiger partial charge in [0.15, 0.2) is 5.60 Å². The normalized spacial score (nSPS) is 16.6. The first kappa shape index (κ1) is 28.9. The van der Waals surface area contributed by atoms with Gasteiger partial charge in [-0.1, -0.05) is 36.0 Å². The Labute approximate surface area is 242 Å². The van der Waals surface area contributed by atoms with E-state index < -0.39 is 19.2 Å². The second-order valence-electron chi connectivity index (χ2n) is 9.93. The van der Waals surface area contributed by atoms with E-state index in [2.05, 4.69) is 10.2 Å². The van der Waals surface area contributed by atoms with Gasteiger partial charge in [-0.3, -0.25) is 9.69 Å². The lowest BCUT2D eigenvalue weighted by Crippen LogP contribution is -2.51. The molecule has 0 atom stereocenters. The highest BCUT2D eigenvalue weighted by Crippen LogP contribution is 2.38. The molecule has 2 aliphatic heterocycles. The minimum absolute atomic E-state index is 0.00114. The van der Waals surface area contributed by atoms with E-state index in [1.165, 1.54) is 0 Å². The van der Waals surface area contributed by atoms with Gasteiger partial charge in [-0.15, -0.1) is 0 Å². The van der Waals surface area contributed by atoms with Crippen molar-refractivity contribution in [1.29, 1.82) is 0 Å². The van der Waals surface area contributed by atoms with Gasteiger partial charge >= 0.3 is 0 Å². The highest BCUT2D eigenvalue weighted by Gasteiger charge is 2.39. The van der Waals surface area contributed by atoms with Crippen LogP contribution in [0.1, 0.15) is 21.5 Å². The number of amides is 1. The first-order chi connectivity index (χ1) is 19.4. The van der Waals surface area contributed by atoms with Crippen molar-refractivity contribution < 1.29 is 34.0 Å². The molecule has 12 heteroatoms. The fourth-order valence-corrected chi connectivity index (χ4v) is 5.57. The SMILES string of the molecule is O=C(NCc1ccc(Cl)cc1)c1cn2c3c(cc(CN4CCOCC4)cc3c1=S)OC(COCO)(COCO)C2. The third kappa shape index (κ3) is 6.48. The Balaban J connectivity index is 1.55. The standard InChI is InChI=1S/C28H32ClN3O7S/c29-21-3-1-19(2-4-21)11-30-27(35)23-13-32-14-28(15-37-17-33,16-38-18-34)39-24-10-20(9-22(25(24)32)26(23)40)12-31-5-7-36-8-6-31/h1-4,9-10,13,33-34H,5-8,11-12,14-18H2,(H,30,35). The van der Waals surface area contributed by atoms with Crippen LogP contribution in [-0.4, -0.2) is 84.3 Å². The van der Waals surface area contributed by atoms with E-state index in [1.54, 1.807) is 18.3 Å². The summed E-state index contributed by atoms with van der Waals surface area (Å²) in [5.74, 6) is 0.260. The van der Waals surface area contributed by atoms with E-state index in [4.69, 9.17) is 42.8 Å². The number of pyridine rings is 1. The minimum atomic E-state index is -1.06. The van der Waals surface area contributed by atoms with Crippen molar-refractivity contribution in [2.45, 2.75) is 25.2 Å². The van der Waals surface area contributed by atoms with Gasteiger partial charge in [0.25, 0.3) is 5.91 Å². The number of carbonyl (C=O) groups excluding carboxylic acids is 1. The zero-order chi connectivity index (χ0) is 28.1. The number of hydrogen-bond acceptors (Lipinski definition) is 9. The molecule has 0 radical (unpaired) electrons. The van der Waals surface area contributed by atoms with Crippen LogP contribution in [0.3, 0.4) is 0 Å². The molecule has 1 amide bonds. The molecule has 1 saturated heterocycles. The van der Waals surface area contributed by atoms with E-state index in [1.807, 2.05) is 28.8 Å². The maximum Gasteiger partial charge on any atom is 0.254 e. The summed E-state index contributed by atoms with van der Waals surface area (Å²) in [4.78, 5) is 15.7. The number of nitrogens with one attached hydrogen (secondary N) is 1. The average Bonchev–Trinajstić information content (AvgIpc) is 2.96. The maximum atomic E-state index is 13.4. The van der Waals surface area contributed by atoms with E-state index in [0.29, 0.717) is 47.1 Å². The number of hydrogen-bond donors (Lipinski definition) is 3. The Kier molecular flexibility index (Phi) is 9.34. The quantitative estimate of drug-likeness (QED) is 0.229. The molecular weight excluding hydrogens is 558 g/mol. The van der Waals surface area contributed by atoms with Gasteiger partial charge in [-0.25, -0.2) is 0 Å². The van der Waals surface area contributed by atoms with Crippen LogP contribution in [0, 0.1) is 4.51 Å². The van der Waals surface area contributed by atoms with Gasteiger partial charge < -0.3 is 39.0 Å². The number of morpholine rings is 1. The summed E-state index contributed by atoms with van der Waals surface area (Å²) in [5.41, 5.74) is 1.93. The van der Waals surface area contributed by atoms with Gasteiger partial charge in [0.05, 0.1) is 48.6 Å². The van der Waals surface area contributed by atoms with Crippen molar-refractivity contribution in [3.63, 3.8) is 0 Å². The Hall–Kier alpha value is -2.61. The number of carbonyl (C=O) groups is 1. The first-order valence-corrected chi connectivity index (χ1v) is 13.8. The molecule has 0 aliphatic carbocycles. The van der Waals surface area contributed by atoms with Crippen LogP contribution in [-0.2, 0) is 33.8 Å². The van der Waals surface area contributed by atoms with E-state index in [-0.39, 0.29) is 25.7 Å². The number of rotatable bonds is 11. The maximum absolute atomic E-state index is 13.4. The van der Waals surface area contributed by atoms with Crippen molar-refractivity contribution >= 4 is 40.6 Å². The lowest BCUT2D eigenvalue weighted by molar-refractivity contribution is -0.134. The molecule has 0 spiro atoms. The van der Waals surface area contributed by atoms with E-state index in [9.17, 15) is 15.0 Å². The fraction of sp³-hybridized carbons (Fsp3) is 0.429. The van der Waals surface area contributed by atoms with Gasteiger partial charge in [-0.05, 0) is 35.4 Å². The number of halogens is 1. The number of aliphatic hydroxyl groups is 2. The van der Waals surface area contributed by atoms with Crippen LogP contribution < -0.4 is 10.1 Å². The molecule has 1 fully saturated rings. The Morgan fingerprint density at radius 2 is 1.77 bits per heavy atom. The van der Waals surface area contributed by atoms with E-state index >= 15 is 0 Å². The van der Waals surface area contributed by atoms with Crippen molar-refractivity contribution in [2.24, 2.45) is 0 Å². The summed E-state index contributed by atoms with van der Waals surface area (Å²) in [5, 5.41) is 23.1. The molecule has 0 bridgehead atoms. The lowest BCUT2D eigenvalue weighted by Gasteiger charge is -2.39. The van der Waals surface area contributed by atoms with Crippen molar-refractivity contribution in [3.8, 4) is 5.75 Å². The van der Waals surface area contributed by atoms with Gasteiger partial charge in [0, 0.05) is 42.8 Å². The number of aliphatic hydroxyl groups excluding tert-OH is 2. The molecule has 1 aromatic heterocycles. The average molecular weight is 590 g/mol. The number of aromatic nitrogens is 1. The smallest absolute Gasteiger partial charge is 0.254 e. The largest absolute Gasteiger partial charge is 0.478 e. The molecule has 3 heterocycles. The second kappa shape index (κ2) is 12.9. The van der Waals surface area contributed by atoms with Crippen LogP contribution in [0.15, 0.2) is 42.6 Å². The Bertz CT molecular complexity index is 1400. The molecule has 0 unspecified atom stereocenters. The van der Waals surface area contributed by atoms with Crippen LogP contribution in [0.25, 0.3) is 10.9 Å². The molecule has 2 aliphatic rings. The van der Waals surface area contributed by atoms with Gasteiger partial charge in [0.2, 0.25) is 0 Å². The highest BCUT2D eigenvalue weighted by molar-refractivity contribution is 7.71. The Morgan fingerprint density at radius 1 is 1.07 bits per heavy atom. The molecule has 3 aromatic rings.